The molecule has 0 saturated heterocycles. The van der Waals surface area contributed by atoms with Gasteiger partial charge < -0.3 is 0 Å². The lowest BCUT2D eigenvalue weighted by Crippen LogP contribution is -2.27. The van der Waals surface area contributed by atoms with E-state index in [-0.39, 0.29) is 0 Å². The summed E-state index contributed by atoms with van der Waals surface area (Å²) in [6.07, 6.45) is 21.0. The van der Waals surface area contributed by atoms with Crippen LogP contribution in [0.15, 0.2) is 24.3 Å². The van der Waals surface area contributed by atoms with Crippen molar-refractivity contribution in [1.82, 2.24) is 0 Å². The standard InChI is InChI=1S/C20H34/c1-4-6-17-8-12-19(13-9-17)16(3)20-14-10-18(7-5-2)11-15-20/h4-7,16-20H,8-15H2,1-3H3/b6-4+,7-5+. The Bertz CT molecular complexity index is 277. The zero-order valence-electron chi connectivity index (χ0n) is 13.9. The molecule has 0 heterocycles. The van der Waals surface area contributed by atoms with Gasteiger partial charge in [0.2, 0.25) is 0 Å². The summed E-state index contributed by atoms with van der Waals surface area (Å²) in [7, 11) is 0. The summed E-state index contributed by atoms with van der Waals surface area (Å²) in [6.45, 7) is 6.89. The summed E-state index contributed by atoms with van der Waals surface area (Å²) < 4.78 is 0. The van der Waals surface area contributed by atoms with Crippen LogP contribution >= 0.6 is 0 Å². The minimum absolute atomic E-state index is 0.883. The molecular formula is C20H34. The minimum Gasteiger partial charge on any atom is -0.0914 e. The van der Waals surface area contributed by atoms with E-state index in [1.807, 2.05) is 0 Å². The van der Waals surface area contributed by atoms with E-state index in [2.05, 4.69) is 45.1 Å². The zero-order chi connectivity index (χ0) is 14.4. The molecule has 0 unspecified atom stereocenters. The van der Waals surface area contributed by atoms with Gasteiger partial charge in [0.15, 0.2) is 0 Å². The van der Waals surface area contributed by atoms with Crippen molar-refractivity contribution in [2.75, 3.05) is 0 Å². The topological polar surface area (TPSA) is 0 Å². The molecule has 0 aromatic heterocycles. The molecule has 0 amide bonds. The van der Waals surface area contributed by atoms with E-state index in [4.69, 9.17) is 0 Å². The molecule has 0 nitrogen and oxygen atoms in total. The Morgan fingerprint density at radius 2 is 1.00 bits per heavy atom. The molecule has 0 bridgehead atoms. The highest BCUT2D eigenvalue weighted by Crippen LogP contribution is 2.42. The fourth-order valence-electron chi connectivity index (χ4n) is 4.66. The van der Waals surface area contributed by atoms with Crippen LogP contribution in [0.4, 0.5) is 0 Å². The molecule has 0 aliphatic heterocycles. The van der Waals surface area contributed by atoms with Gasteiger partial charge in [0.05, 0.1) is 0 Å². The number of allylic oxidation sites excluding steroid dienone is 4. The average molecular weight is 274 g/mol. The normalized spacial score (nSPS) is 37.5. The largest absolute Gasteiger partial charge is 0.0914 e. The van der Waals surface area contributed by atoms with E-state index in [0.717, 1.165) is 29.6 Å². The van der Waals surface area contributed by atoms with E-state index in [1.54, 1.807) is 0 Å². The molecule has 0 radical (unpaired) electrons. The van der Waals surface area contributed by atoms with Crippen LogP contribution in [0.25, 0.3) is 0 Å². The molecule has 0 aromatic carbocycles. The lowest BCUT2D eigenvalue weighted by atomic mass is 9.67. The molecule has 2 aliphatic rings. The molecule has 114 valence electrons. The summed E-state index contributed by atoms with van der Waals surface area (Å²) in [4.78, 5) is 0. The molecule has 20 heavy (non-hydrogen) atoms. The molecule has 2 aliphatic carbocycles. The molecule has 0 N–H and O–H groups in total. The Morgan fingerprint density at radius 3 is 1.30 bits per heavy atom. The maximum absolute atomic E-state index is 2.56. The molecule has 0 heteroatoms. The molecule has 0 atom stereocenters. The van der Waals surface area contributed by atoms with Crippen molar-refractivity contribution < 1.29 is 0 Å². The summed E-state index contributed by atoms with van der Waals surface area (Å²) >= 11 is 0. The summed E-state index contributed by atoms with van der Waals surface area (Å²) in [5, 5.41) is 0. The van der Waals surface area contributed by atoms with Crippen LogP contribution in [0.2, 0.25) is 0 Å². The summed E-state index contributed by atoms with van der Waals surface area (Å²) in [5.41, 5.74) is 0. The lowest BCUT2D eigenvalue weighted by molar-refractivity contribution is 0.139. The highest BCUT2D eigenvalue weighted by molar-refractivity contribution is 4.93. The van der Waals surface area contributed by atoms with Gasteiger partial charge in [-0.3, -0.25) is 0 Å². The Hall–Kier alpha value is -0.520. The van der Waals surface area contributed by atoms with Crippen LogP contribution in [0.3, 0.4) is 0 Å². The fraction of sp³-hybridized carbons (Fsp3) is 0.800. The molecular weight excluding hydrogens is 240 g/mol. The van der Waals surface area contributed by atoms with Gasteiger partial charge in [-0.25, -0.2) is 0 Å². The monoisotopic (exact) mass is 274 g/mol. The van der Waals surface area contributed by atoms with Gasteiger partial charge in [-0.15, -0.1) is 0 Å². The summed E-state index contributed by atoms with van der Waals surface area (Å²) in [5.74, 6) is 4.76. The zero-order valence-corrected chi connectivity index (χ0v) is 13.9. The maximum Gasteiger partial charge on any atom is -0.0233 e. The van der Waals surface area contributed by atoms with Crippen molar-refractivity contribution in [2.45, 2.75) is 72.1 Å². The van der Waals surface area contributed by atoms with Gasteiger partial charge in [-0.1, -0.05) is 31.2 Å². The highest BCUT2D eigenvalue weighted by Gasteiger charge is 2.31. The van der Waals surface area contributed by atoms with Gasteiger partial charge in [0.25, 0.3) is 0 Å². The Kier molecular flexibility index (Phi) is 6.39. The number of hydrogen-bond donors (Lipinski definition) is 0. The molecule has 0 aromatic rings. The van der Waals surface area contributed by atoms with Gasteiger partial charge in [-0.2, -0.15) is 0 Å². The third kappa shape index (κ3) is 4.24. The van der Waals surface area contributed by atoms with Crippen molar-refractivity contribution in [3.63, 3.8) is 0 Å². The first kappa shape index (κ1) is 15.9. The van der Waals surface area contributed by atoms with E-state index in [1.165, 1.54) is 51.4 Å². The van der Waals surface area contributed by atoms with Crippen molar-refractivity contribution >= 4 is 0 Å². The van der Waals surface area contributed by atoms with E-state index in [0.29, 0.717) is 0 Å². The second kappa shape index (κ2) is 8.05. The van der Waals surface area contributed by atoms with Crippen LogP contribution < -0.4 is 0 Å². The van der Waals surface area contributed by atoms with Crippen LogP contribution in [-0.2, 0) is 0 Å². The predicted molar refractivity (Wildman–Crippen MR) is 89.7 cm³/mol. The van der Waals surface area contributed by atoms with Gasteiger partial charge in [0.1, 0.15) is 0 Å². The number of hydrogen-bond acceptors (Lipinski definition) is 0. The third-order valence-corrected chi connectivity index (χ3v) is 6.05. The second-order valence-corrected chi connectivity index (χ2v) is 7.26. The Morgan fingerprint density at radius 1 is 0.650 bits per heavy atom. The van der Waals surface area contributed by atoms with Gasteiger partial charge in [-0.05, 0) is 94.8 Å². The number of rotatable bonds is 4. The SMILES string of the molecule is C/C=C/C1CCC(C(C)C2CCC(/C=C/C)CC2)CC1. The first-order valence-electron chi connectivity index (χ1n) is 9.00. The van der Waals surface area contributed by atoms with Crippen LogP contribution in [0.5, 0.6) is 0 Å². The maximum atomic E-state index is 2.56. The van der Waals surface area contributed by atoms with E-state index >= 15 is 0 Å². The predicted octanol–water partition coefficient (Wildman–Crippen LogP) is 6.39. The van der Waals surface area contributed by atoms with Gasteiger partial charge in [0, 0.05) is 0 Å². The van der Waals surface area contributed by atoms with E-state index < -0.39 is 0 Å². The first-order chi connectivity index (χ1) is 9.74. The van der Waals surface area contributed by atoms with E-state index in [9.17, 15) is 0 Å². The Labute approximate surface area is 126 Å². The van der Waals surface area contributed by atoms with Crippen molar-refractivity contribution in [2.24, 2.45) is 29.6 Å². The van der Waals surface area contributed by atoms with Crippen LogP contribution in [0.1, 0.15) is 72.1 Å². The summed E-state index contributed by atoms with van der Waals surface area (Å²) in [6, 6.07) is 0. The molecule has 2 fully saturated rings. The highest BCUT2D eigenvalue weighted by atomic mass is 14.4. The molecule has 2 rings (SSSR count). The van der Waals surface area contributed by atoms with Crippen molar-refractivity contribution in [1.29, 1.82) is 0 Å². The Balaban J connectivity index is 1.77. The van der Waals surface area contributed by atoms with Crippen LogP contribution in [-0.4, -0.2) is 0 Å². The second-order valence-electron chi connectivity index (χ2n) is 7.26. The van der Waals surface area contributed by atoms with Crippen LogP contribution in [0, 0.1) is 29.6 Å². The first-order valence-corrected chi connectivity index (χ1v) is 9.00. The fourth-order valence-corrected chi connectivity index (χ4v) is 4.66. The van der Waals surface area contributed by atoms with Crippen molar-refractivity contribution in [3.8, 4) is 0 Å². The lowest BCUT2D eigenvalue weighted by Gasteiger charge is -2.38. The average Bonchev–Trinajstić information content (AvgIpc) is 2.49. The quantitative estimate of drug-likeness (QED) is 0.521. The van der Waals surface area contributed by atoms with Gasteiger partial charge >= 0.3 is 0 Å². The molecule has 2 saturated carbocycles. The minimum atomic E-state index is 0.883. The smallest absolute Gasteiger partial charge is 0.0233 e. The van der Waals surface area contributed by atoms with Crippen molar-refractivity contribution in [3.05, 3.63) is 24.3 Å². The molecule has 0 spiro atoms. The third-order valence-electron chi connectivity index (χ3n) is 6.05.